The maximum atomic E-state index is 12.1. The molecule has 1 aliphatic rings. The molecule has 104 valence electrons. The van der Waals surface area contributed by atoms with Gasteiger partial charge in [-0.25, -0.2) is 0 Å². The maximum Gasteiger partial charge on any atom is 0.260 e. The Balaban J connectivity index is 1.82. The molecule has 0 unspecified atom stereocenters. The largest absolute Gasteiger partial charge is 0.484 e. The molecule has 1 amide bonds. The number of ether oxygens (including phenoxy) is 1. The molecule has 0 spiro atoms. The van der Waals surface area contributed by atoms with Crippen molar-refractivity contribution in [2.75, 3.05) is 39.8 Å². The van der Waals surface area contributed by atoms with Gasteiger partial charge in [-0.05, 0) is 66.9 Å². The molecule has 0 N–H and O–H groups in total. The highest BCUT2D eigenvalue weighted by Crippen LogP contribution is 2.13. The highest BCUT2D eigenvalue weighted by molar-refractivity contribution is 14.1. The van der Waals surface area contributed by atoms with Crippen molar-refractivity contribution >= 4 is 28.5 Å². The molecular weight excluding hydrogens is 355 g/mol. The predicted molar refractivity (Wildman–Crippen MR) is 83.3 cm³/mol. The summed E-state index contributed by atoms with van der Waals surface area (Å²) >= 11 is 2.24. The van der Waals surface area contributed by atoms with Crippen molar-refractivity contribution in [3.63, 3.8) is 0 Å². The minimum atomic E-state index is 0.0776. The van der Waals surface area contributed by atoms with Crippen molar-refractivity contribution in [1.29, 1.82) is 0 Å². The van der Waals surface area contributed by atoms with Gasteiger partial charge in [0.25, 0.3) is 5.91 Å². The van der Waals surface area contributed by atoms with E-state index in [2.05, 4.69) is 34.5 Å². The maximum absolute atomic E-state index is 12.1. The third-order valence-corrected chi connectivity index (χ3v) is 3.97. The Morgan fingerprint density at radius 3 is 2.68 bits per heavy atom. The Hall–Kier alpha value is -0.820. The summed E-state index contributed by atoms with van der Waals surface area (Å²) in [4.78, 5) is 16.2. The standard InChI is InChI=1S/C14H19IN2O2/c1-16-7-2-8-17(10-9-16)14(18)11-19-13-5-3-12(15)4-6-13/h3-6H,2,7-11H2,1H3. The number of halogens is 1. The zero-order valence-electron chi connectivity index (χ0n) is 11.1. The van der Waals surface area contributed by atoms with Crippen molar-refractivity contribution in [3.05, 3.63) is 27.8 Å². The topological polar surface area (TPSA) is 32.8 Å². The normalized spacial score (nSPS) is 17.1. The Kier molecular flexibility index (Phi) is 5.45. The first-order valence-corrected chi connectivity index (χ1v) is 7.58. The van der Waals surface area contributed by atoms with Crippen molar-refractivity contribution < 1.29 is 9.53 Å². The molecule has 0 atom stereocenters. The summed E-state index contributed by atoms with van der Waals surface area (Å²) in [6.45, 7) is 3.76. The molecule has 1 aliphatic heterocycles. The average Bonchev–Trinajstić information content (AvgIpc) is 2.63. The number of nitrogens with zero attached hydrogens (tertiary/aromatic N) is 2. The molecule has 0 bridgehead atoms. The Bertz CT molecular complexity index is 422. The summed E-state index contributed by atoms with van der Waals surface area (Å²) in [7, 11) is 2.09. The van der Waals surface area contributed by atoms with Gasteiger partial charge in [0.15, 0.2) is 6.61 Å². The molecule has 1 aromatic carbocycles. The van der Waals surface area contributed by atoms with Gasteiger partial charge in [-0.15, -0.1) is 0 Å². The molecule has 0 aliphatic carbocycles. The quantitative estimate of drug-likeness (QED) is 0.757. The van der Waals surface area contributed by atoms with Gasteiger partial charge in [0.1, 0.15) is 5.75 Å². The first-order chi connectivity index (χ1) is 9.15. The minimum absolute atomic E-state index is 0.0776. The molecule has 0 radical (unpaired) electrons. The SMILES string of the molecule is CN1CCCN(C(=O)COc2ccc(I)cc2)CC1. The van der Waals surface area contributed by atoms with Gasteiger partial charge in [0, 0.05) is 23.2 Å². The van der Waals surface area contributed by atoms with Crippen molar-refractivity contribution in [1.82, 2.24) is 9.80 Å². The second kappa shape index (κ2) is 7.09. The van der Waals surface area contributed by atoms with Crippen molar-refractivity contribution in [2.45, 2.75) is 6.42 Å². The van der Waals surface area contributed by atoms with E-state index in [4.69, 9.17) is 4.74 Å². The number of rotatable bonds is 3. The molecular formula is C14H19IN2O2. The first kappa shape index (κ1) is 14.6. The van der Waals surface area contributed by atoms with Crippen LogP contribution < -0.4 is 4.74 Å². The fourth-order valence-corrected chi connectivity index (χ4v) is 2.42. The number of carbonyl (C=O) groups is 1. The van der Waals surface area contributed by atoms with Gasteiger partial charge in [-0.3, -0.25) is 4.79 Å². The fraction of sp³-hybridized carbons (Fsp3) is 0.500. The molecule has 4 nitrogen and oxygen atoms in total. The van der Waals surface area contributed by atoms with E-state index in [1.54, 1.807) is 0 Å². The number of likely N-dealkylation sites (N-methyl/N-ethyl adjacent to an activating group) is 1. The molecule has 19 heavy (non-hydrogen) atoms. The van der Waals surface area contributed by atoms with Gasteiger partial charge in [0.05, 0.1) is 0 Å². The third-order valence-electron chi connectivity index (χ3n) is 3.25. The lowest BCUT2D eigenvalue weighted by atomic mass is 10.3. The molecule has 1 saturated heterocycles. The van der Waals surface area contributed by atoms with Gasteiger partial charge in [-0.1, -0.05) is 0 Å². The fourth-order valence-electron chi connectivity index (χ4n) is 2.06. The summed E-state index contributed by atoms with van der Waals surface area (Å²) in [5, 5.41) is 0. The third kappa shape index (κ3) is 4.65. The Morgan fingerprint density at radius 2 is 1.95 bits per heavy atom. The van der Waals surface area contributed by atoms with E-state index < -0.39 is 0 Å². The number of hydrogen-bond donors (Lipinski definition) is 0. The van der Waals surface area contributed by atoms with Crippen LogP contribution in [0.15, 0.2) is 24.3 Å². The molecule has 1 aromatic rings. The number of amides is 1. The van der Waals surface area contributed by atoms with E-state index in [1.165, 1.54) is 0 Å². The summed E-state index contributed by atoms with van der Waals surface area (Å²) in [6, 6.07) is 7.74. The van der Waals surface area contributed by atoms with Crippen LogP contribution in [-0.2, 0) is 4.79 Å². The van der Waals surface area contributed by atoms with Crippen LogP contribution in [0.4, 0.5) is 0 Å². The van der Waals surface area contributed by atoms with E-state index in [0.29, 0.717) is 0 Å². The molecule has 2 rings (SSSR count). The van der Waals surface area contributed by atoms with Crippen LogP contribution in [0.5, 0.6) is 5.75 Å². The summed E-state index contributed by atoms with van der Waals surface area (Å²) in [6.07, 6.45) is 1.03. The van der Waals surface area contributed by atoms with Crippen LogP contribution in [0.1, 0.15) is 6.42 Å². The molecule has 1 fully saturated rings. The molecule has 1 heterocycles. The Morgan fingerprint density at radius 1 is 1.21 bits per heavy atom. The van der Waals surface area contributed by atoms with E-state index >= 15 is 0 Å². The summed E-state index contributed by atoms with van der Waals surface area (Å²) in [5.41, 5.74) is 0. The molecule has 5 heteroatoms. The lowest BCUT2D eigenvalue weighted by molar-refractivity contribution is -0.133. The van der Waals surface area contributed by atoms with E-state index in [9.17, 15) is 4.79 Å². The van der Waals surface area contributed by atoms with E-state index in [0.717, 1.165) is 41.9 Å². The van der Waals surface area contributed by atoms with Crippen LogP contribution in [0.3, 0.4) is 0 Å². The lowest BCUT2D eigenvalue weighted by Gasteiger charge is -2.20. The van der Waals surface area contributed by atoms with Crippen LogP contribution in [0, 0.1) is 3.57 Å². The minimum Gasteiger partial charge on any atom is -0.484 e. The Labute approximate surface area is 127 Å². The lowest BCUT2D eigenvalue weighted by Crippen LogP contribution is -2.37. The number of hydrogen-bond acceptors (Lipinski definition) is 3. The van der Waals surface area contributed by atoms with Crippen LogP contribution in [0.25, 0.3) is 0 Å². The van der Waals surface area contributed by atoms with E-state index in [-0.39, 0.29) is 12.5 Å². The first-order valence-electron chi connectivity index (χ1n) is 6.50. The zero-order valence-corrected chi connectivity index (χ0v) is 13.3. The van der Waals surface area contributed by atoms with Crippen LogP contribution in [0.2, 0.25) is 0 Å². The number of carbonyl (C=O) groups excluding carboxylic acids is 1. The van der Waals surface area contributed by atoms with Crippen molar-refractivity contribution in [3.8, 4) is 5.75 Å². The smallest absolute Gasteiger partial charge is 0.260 e. The zero-order chi connectivity index (χ0) is 13.7. The van der Waals surface area contributed by atoms with Gasteiger partial charge >= 0.3 is 0 Å². The molecule has 0 saturated carbocycles. The summed E-state index contributed by atoms with van der Waals surface area (Å²) < 4.78 is 6.69. The monoisotopic (exact) mass is 374 g/mol. The highest BCUT2D eigenvalue weighted by Gasteiger charge is 2.17. The second-order valence-corrected chi connectivity index (χ2v) is 6.03. The molecule has 0 aromatic heterocycles. The number of benzene rings is 1. The van der Waals surface area contributed by atoms with Crippen LogP contribution in [-0.4, -0.2) is 55.5 Å². The van der Waals surface area contributed by atoms with Crippen molar-refractivity contribution in [2.24, 2.45) is 0 Å². The second-order valence-electron chi connectivity index (χ2n) is 4.78. The van der Waals surface area contributed by atoms with E-state index in [1.807, 2.05) is 29.2 Å². The predicted octanol–water partition coefficient (Wildman–Crippen LogP) is 1.83. The van der Waals surface area contributed by atoms with Gasteiger partial charge < -0.3 is 14.5 Å². The summed E-state index contributed by atoms with van der Waals surface area (Å²) in [5.74, 6) is 0.828. The van der Waals surface area contributed by atoms with Gasteiger partial charge in [0.2, 0.25) is 0 Å². The van der Waals surface area contributed by atoms with Crippen LogP contribution >= 0.6 is 22.6 Å². The van der Waals surface area contributed by atoms with Gasteiger partial charge in [-0.2, -0.15) is 0 Å². The average molecular weight is 374 g/mol. The highest BCUT2D eigenvalue weighted by atomic mass is 127.